The fraction of sp³-hybridized carbons (Fsp3) is 0.455. The minimum absolute atomic E-state index is 0.00814. The summed E-state index contributed by atoms with van der Waals surface area (Å²) in [6.07, 6.45) is 1.82. The molecule has 0 aliphatic carbocycles. The molecule has 46 heavy (non-hydrogen) atoms. The van der Waals surface area contributed by atoms with Crippen LogP contribution in [-0.4, -0.2) is 89.4 Å². The number of hydrogen-bond acceptors (Lipinski definition) is 10. The van der Waals surface area contributed by atoms with Crippen LogP contribution >= 0.6 is 0 Å². The Morgan fingerprint density at radius 2 is 2.09 bits per heavy atom. The van der Waals surface area contributed by atoms with Crippen LogP contribution in [0.3, 0.4) is 0 Å². The standard InChI is InChI=1S/C33H33F3N6O4/c1-32-15-37-18-41(16-32)29-23-13-38-27(22-5-2-4-19-6-7-24(35)21(25(19)22)8-11-44-31(43)46-32)26(36)28(23)39-30(40-29)45-17-33-9-3-10-42(33)14-20(34)12-33/h2,4-7,13,20,37H,3,8-12,14-18H2,1H3/t20-,32-,33+/m1/s1. The molecule has 7 heterocycles. The van der Waals surface area contributed by atoms with E-state index in [4.69, 9.17) is 19.2 Å². The van der Waals surface area contributed by atoms with Crippen molar-refractivity contribution in [1.82, 2.24) is 25.2 Å². The van der Waals surface area contributed by atoms with Crippen molar-refractivity contribution in [2.45, 2.75) is 49.9 Å². The first-order valence-corrected chi connectivity index (χ1v) is 15.6. The summed E-state index contributed by atoms with van der Waals surface area (Å²) in [5.74, 6) is -0.886. The molecule has 0 unspecified atom stereocenters. The first kappa shape index (κ1) is 29.2. The number of ether oxygens (including phenoxy) is 3. The van der Waals surface area contributed by atoms with Gasteiger partial charge in [0.25, 0.3) is 0 Å². The first-order chi connectivity index (χ1) is 22.2. The topological polar surface area (TPSA) is 102 Å². The Labute approximate surface area is 262 Å². The Kier molecular flexibility index (Phi) is 6.94. The Hall–Kier alpha value is -4.23. The highest BCUT2D eigenvalue weighted by Crippen LogP contribution is 2.41. The van der Waals surface area contributed by atoms with Gasteiger partial charge in [-0.3, -0.25) is 15.2 Å². The maximum absolute atomic E-state index is 16.8. The Morgan fingerprint density at radius 3 is 2.98 bits per heavy atom. The van der Waals surface area contributed by atoms with Gasteiger partial charge in [0.1, 0.15) is 41.2 Å². The zero-order valence-corrected chi connectivity index (χ0v) is 25.3. The Balaban J connectivity index is 1.31. The molecule has 6 bridgehead atoms. The van der Waals surface area contributed by atoms with E-state index in [-0.39, 0.29) is 49.0 Å². The summed E-state index contributed by atoms with van der Waals surface area (Å²) in [4.78, 5) is 30.6. The van der Waals surface area contributed by atoms with Crippen LogP contribution in [0.2, 0.25) is 0 Å². The van der Waals surface area contributed by atoms with Crippen molar-refractivity contribution < 1.29 is 32.2 Å². The SMILES string of the molecule is C[C@@]12CNCN(C1)c1nc(OC[C@@]34CCCN3C[C@H](F)C4)nc3c(F)c(ncc13)-c1cccc3ccc(F)c(c13)CCOC(=O)O2. The molecule has 1 N–H and O–H groups in total. The van der Waals surface area contributed by atoms with Gasteiger partial charge in [0.05, 0.1) is 30.7 Å². The molecule has 2 aromatic carbocycles. The second-order valence-corrected chi connectivity index (χ2v) is 13.0. The smallest absolute Gasteiger partial charge is 0.461 e. The number of fused-ring (bicyclic) bond motifs is 6. The average molecular weight is 635 g/mol. The Morgan fingerprint density at radius 1 is 1.20 bits per heavy atom. The largest absolute Gasteiger partial charge is 0.508 e. The molecule has 5 aliphatic heterocycles. The van der Waals surface area contributed by atoms with E-state index in [9.17, 15) is 9.18 Å². The lowest BCUT2D eigenvalue weighted by Crippen LogP contribution is -2.59. The van der Waals surface area contributed by atoms with Gasteiger partial charge in [-0.05, 0) is 48.7 Å². The highest BCUT2D eigenvalue weighted by atomic mass is 19.1. The van der Waals surface area contributed by atoms with Gasteiger partial charge in [-0.25, -0.2) is 18.0 Å². The number of hydrogen-bond donors (Lipinski definition) is 1. The molecule has 10 nitrogen and oxygen atoms in total. The second kappa shape index (κ2) is 10.9. The van der Waals surface area contributed by atoms with Crippen molar-refractivity contribution in [2.24, 2.45) is 0 Å². The molecular weight excluding hydrogens is 601 g/mol. The van der Waals surface area contributed by atoms with Gasteiger partial charge in [0.15, 0.2) is 5.82 Å². The lowest BCUT2D eigenvalue weighted by atomic mass is 9.94. The molecule has 0 saturated carbocycles. The number of anilines is 1. The van der Waals surface area contributed by atoms with Crippen molar-refractivity contribution in [3.05, 3.63) is 53.7 Å². The maximum Gasteiger partial charge on any atom is 0.508 e. The third-order valence-corrected chi connectivity index (χ3v) is 9.75. The van der Waals surface area contributed by atoms with E-state index in [2.05, 4.69) is 20.2 Å². The number of halogens is 3. The molecule has 0 amide bonds. The highest BCUT2D eigenvalue weighted by molar-refractivity contribution is 6.01. The van der Waals surface area contributed by atoms with Crippen LogP contribution in [0.25, 0.3) is 32.9 Å². The monoisotopic (exact) mass is 634 g/mol. The summed E-state index contributed by atoms with van der Waals surface area (Å²) < 4.78 is 64.0. The van der Waals surface area contributed by atoms with E-state index in [1.54, 1.807) is 31.2 Å². The lowest BCUT2D eigenvalue weighted by molar-refractivity contribution is -0.0266. The van der Waals surface area contributed by atoms with E-state index in [0.717, 1.165) is 19.4 Å². The summed E-state index contributed by atoms with van der Waals surface area (Å²) in [6.45, 7) is 3.78. The maximum atomic E-state index is 16.8. The molecule has 9 rings (SSSR count). The second-order valence-electron chi connectivity index (χ2n) is 13.0. The predicted octanol–water partition coefficient (Wildman–Crippen LogP) is 4.91. The summed E-state index contributed by atoms with van der Waals surface area (Å²) >= 11 is 0. The van der Waals surface area contributed by atoms with Gasteiger partial charge < -0.3 is 19.1 Å². The number of rotatable bonds is 3. The third-order valence-electron chi connectivity index (χ3n) is 9.75. The third kappa shape index (κ3) is 4.87. The molecule has 13 heteroatoms. The van der Waals surface area contributed by atoms with Gasteiger partial charge in [-0.15, -0.1) is 0 Å². The first-order valence-electron chi connectivity index (χ1n) is 15.6. The number of nitrogens with one attached hydrogen (secondary N) is 1. The van der Waals surface area contributed by atoms with Crippen molar-refractivity contribution in [1.29, 1.82) is 0 Å². The van der Waals surface area contributed by atoms with Crippen molar-refractivity contribution in [2.75, 3.05) is 51.0 Å². The van der Waals surface area contributed by atoms with Crippen LogP contribution in [0.1, 0.15) is 31.7 Å². The van der Waals surface area contributed by atoms with Gasteiger partial charge >= 0.3 is 12.2 Å². The van der Waals surface area contributed by atoms with Crippen LogP contribution in [-0.2, 0) is 15.9 Å². The number of carbonyl (C=O) groups excluding carboxylic acids is 1. The quantitative estimate of drug-likeness (QED) is 0.313. The molecule has 240 valence electrons. The zero-order valence-electron chi connectivity index (χ0n) is 25.3. The highest BCUT2D eigenvalue weighted by Gasteiger charge is 2.49. The van der Waals surface area contributed by atoms with Crippen LogP contribution in [0.4, 0.5) is 23.8 Å². The van der Waals surface area contributed by atoms with Gasteiger partial charge in [0, 0.05) is 37.7 Å². The summed E-state index contributed by atoms with van der Waals surface area (Å²) in [6, 6.07) is 8.15. The summed E-state index contributed by atoms with van der Waals surface area (Å²) in [7, 11) is 0. The number of pyridine rings is 1. The van der Waals surface area contributed by atoms with Gasteiger partial charge in [0.2, 0.25) is 0 Å². The molecule has 3 atom stereocenters. The molecule has 5 aliphatic rings. The fourth-order valence-corrected chi connectivity index (χ4v) is 7.69. The minimum atomic E-state index is -1.04. The van der Waals surface area contributed by atoms with E-state index < -0.39 is 35.1 Å². The molecule has 2 aromatic heterocycles. The molecule has 3 fully saturated rings. The van der Waals surface area contributed by atoms with Crippen molar-refractivity contribution in [3.8, 4) is 17.3 Å². The van der Waals surface area contributed by atoms with Crippen LogP contribution in [0.5, 0.6) is 6.01 Å². The number of alkyl halides is 1. The van der Waals surface area contributed by atoms with Crippen LogP contribution < -0.4 is 15.0 Å². The fourth-order valence-electron chi connectivity index (χ4n) is 7.69. The summed E-state index contributed by atoms with van der Waals surface area (Å²) in [5, 5.41) is 4.70. The van der Waals surface area contributed by atoms with E-state index >= 15 is 8.78 Å². The normalized spacial score (nSPS) is 26.5. The number of nitrogens with zero attached hydrogens (tertiary/aromatic N) is 5. The summed E-state index contributed by atoms with van der Waals surface area (Å²) in [5.41, 5.74) is -0.895. The number of benzene rings is 2. The Bertz CT molecular complexity index is 1880. The average Bonchev–Trinajstić information content (AvgIpc) is 3.56. The molecule has 0 radical (unpaired) electrons. The molecule has 4 aromatic rings. The van der Waals surface area contributed by atoms with Crippen molar-refractivity contribution >= 4 is 33.6 Å². The predicted molar refractivity (Wildman–Crippen MR) is 163 cm³/mol. The van der Waals surface area contributed by atoms with Crippen molar-refractivity contribution in [3.63, 3.8) is 0 Å². The van der Waals surface area contributed by atoms with E-state index in [0.29, 0.717) is 53.7 Å². The molecular formula is C33H33F3N6O4. The van der Waals surface area contributed by atoms with Crippen LogP contribution in [0.15, 0.2) is 36.5 Å². The minimum Gasteiger partial charge on any atom is -0.461 e. The number of aromatic nitrogens is 3. The van der Waals surface area contributed by atoms with E-state index in [1.165, 1.54) is 12.3 Å². The molecule has 0 spiro atoms. The molecule has 3 saturated heterocycles. The van der Waals surface area contributed by atoms with Gasteiger partial charge in [-0.2, -0.15) is 9.97 Å². The van der Waals surface area contributed by atoms with Gasteiger partial charge in [-0.1, -0.05) is 24.3 Å². The number of carbonyl (C=O) groups is 1. The zero-order chi connectivity index (χ0) is 31.6. The van der Waals surface area contributed by atoms with Crippen LogP contribution in [0, 0.1) is 11.6 Å². The van der Waals surface area contributed by atoms with E-state index in [1.807, 2.05) is 4.90 Å². The lowest BCUT2D eigenvalue weighted by Gasteiger charge is -2.40.